The first-order chi connectivity index (χ1) is 12.4. The number of hydrogen-bond donors (Lipinski definition) is 1. The third kappa shape index (κ3) is 12.0. The first kappa shape index (κ1) is 24.9. The second-order valence-corrected chi connectivity index (χ2v) is 5.86. The molecule has 1 N–H and O–H groups in total. The van der Waals surface area contributed by atoms with Gasteiger partial charge in [0.25, 0.3) is 0 Å². The predicted octanol–water partition coefficient (Wildman–Crippen LogP) is 3.43. The summed E-state index contributed by atoms with van der Waals surface area (Å²) in [5.41, 5.74) is 0. The maximum atomic E-state index is 11.3. The third-order valence-corrected chi connectivity index (χ3v) is 3.34. The van der Waals surface area contributed by atoms with E-state index in [0.717, 1.165) is 0 Å². The monoisotopic (exact) mass is 404 g/mol. The zero-order chi connectivity index (χ0) is 21.1. The molecule has 0 aliphatic heterocycles. The number of nitrogens with zero attached hydrogens (tertiary/aromatic N) is 2. The van der Waals surface area contributed by atoms with E-state index in [9.17, 15) is 35.9 Å². The Hall–Kier alpha value is -2.07. The van der Waals surface area contributed by atoms with Gasteiger partial charge in [0, 0.05) is 0 Å². The van der Waals surface area contributed by atoms with E-state index in [4.69, 9.17) is 0 Å². The van der Waals surface area contributed by atoms with Crippen LogP contribution in [0.25, 0.3) is 0 Å². The van der Waals surface area contributed by atoms with Crippen LogP contribution in [0.15, 0.2) is 18.7 Å². The summed E-state index contributed by atoms with van der Waals surface area (Å²) in [6, 6.07) is 0. The number of halogens is 6. The van der Waals surface area contributed by atoms with Crippen LogP contribution in [0.3, 0.4) is 0 Å². The molecule has 1 aromatic rings. The summed E-state index contributed by atoms with van der Waals surface area (Å²) >= 11 is 0. The number of hydrogen-bond acceptors (Lipinski definition) is 2. The Bertz CT molecular complexity index is 557. The van der Waals surface area contributed by atoms with Crippen molar-refractivity contribution in [2.75, 3.05) is 0 Å². The van der Waals surface area contributed by atoms with E-state index in [2.05, 4.69) is 41.8 Å². The first-order valence-corrected chi connectivity index (χ1v) is 8.38. The molecular formula is C16H24F6N3O2+. The Morgan fingerprint density at radius 1 is 0.926 bits per heavy atom. The third-order valence-electron chi connectivity index (χ3n) is 3.34. The highest BCUT2D eigenvalue weighted by molar-refractivity contribution is 6.00. The van der Waals surface area contributed by atoms with Gasteiger partial charge in [-0.25, -0.2) is 9.13 Å². The maximum absolute atomic E-state index is 11.3. The van der Waals surface area contributed by atoms with E-state index in [1.807, 2.05) is 0 Å². The molecule has 5 nitrogen and oxygen atoms in total. The molecule has 1 aromatic heterocycles. The van der Waals surface area contributed by atoms with Crippen LogP contribution in [0.1, 0.15) is 45.4 Å². The van der Waals surface area contributed by atoms with Gasteiger partial charge in [0.1, 0.15) is 12.4 Å². The van der Waals surface area contributed by atoms with Gasteiger partial charge in [0.2, 0.25) is 6.33 Å². The fourth-order valence-corrected chi connectivity index (χ4v) is 1.95. The molecule has 1 heterocycles. The molecule has 0 aliphatic carbocycles. The lowest BCUT2D eigenvalue weighted by Crippen LogP contribution is -2.46. The molecule has 0 spiro atoms. The fraction of sp³-hybridized carbons (Fsp3) is 0.688. The molecule has 156 valence electrons. The van der Waals surface area contributed by atoms with Crippen molar-refractivity contribution in [1.82, 2.24) is 9.88 Å². The van der Waals surface area contributed by atoms with Crippen molar-refractivity contribution in [3.8, 4) is 0 Å². The molecule has 0 fully saturated rings. The molecule has 0 atom stereocenters. The lowest BCUT2D eigenvalue weighted by molar-refractivity contribution is -0.671. The van der Waals surface area contributed by atoms with Crippen LogP contribution in [-0.2, 0) is 23.2 Å². The van der Waals surface area contributed by atoms with Crippen molar-refractivity contribution in [3.05, 3.63) is 18.7 Å². The summed E-state index contributed by atoms with van der Waals surface area (Å²) in [5.74, 6) is -5.90. The lowest BCUT2D eigenvalue weighted by atomic mass is 10.1. The summed E-state index contributed by atoms with van der Waals surface area (Å²) < 4.78 is 72.0. The Kier molecular flexibility index (Phi) is 10.7. The van der Waals surface area contributed by atoms with Gasteiger partial charge < -0.3 is 0 Å². The van der Waals surface area contributed by atoms with Gasteiger partial charge in [-0.1, -0.05) is 32.6 Å². The topological polar surface area (TPSA) is 55.0 Å². The molecule has 0 aliphatic rings. The van der Waals surface area contributed by atoms with Crippen LogP contribution in [0, 0.1) is 0 Å². The molecule has 11 heteroatoms. The molecule has 0 aromatic carbocycles. The van der Waals surface area contributed by atoms with Crippen molar-refractivity contribution >= 4 is 11.8 Å². The van der Waals surface area contributed by atoms with E-state index >= 15 is 0 Å². The zero-order valence-corrected chi connectivity index (χ0v) is 15.2. The summed E-state index contributed by atoms with van der Waals surface area (Å²) in [6.45, 7) is 3.44. The van der Waals surface area contributed by atoms with E-state index in [-0.39, 0.29) is 5.32 Å². The van der Waals surface area contributed by atoms with Crippen LogP contribution >= 0.6 is 0 Å². The summed E-state index contributed by atoms with van der Waals surface area (Å²) in [7, 11) is 2.07. The molecule has 27 heavy (non-hydrogen) atoms. The van der Waals surface area contributed by atoms with Gasteiger partial charge in [-0.05, 0) is 12.8 Å². The van der Waals surface area contributed by atoms with Gasteiger partial charge in [-0.3, -0.25) is 14.9 Å². The molecule has 1 rings (SSSR count). The minimum Gasteiger partial charge on any atom is -0.281 e. The number of unbranched alkanes of at least 4 members (excludes halogenated alkanes) is 5. The smallest absolute Gasteiger partial charge is 0.281 e. The van der Waals surface area contributed by atoms with E-state index in [0.29, 0.717) is 0 Å². The number of amides is 2. The number of aryl methyl sites for hydroxylation is 2. The molecule has 0 bridgehead atoms. The number of rotatable bonds is 7. The van der Waals surface area contributed by atoms with Gasteiger partial charge in [-0.15, -0.1) is 0 Å². The number of imidazole rings is 1. The molecule has 0 radical (unpaired) electrons. The van der Waals surface area contributed by atoms with Crippen molar-refractivity contribution in [2.24, 2.45) is 7.05 Å². The summed E-state index contributed by atoms with van der Waals surface area (Å²) in [4.78, 5) is 19.5. The second kappa shape index (κ2) is 11.6. The summed E-state index contributed by atoms with van der Waals surface area (Å²) in [5, 5.41) is 0.132. The van der Waals surface area contributed by atoms with E-state index in [1.54, 1.807) is 0 Å². The number of carbonyl (C=O) groups excluding carboxylic acids is 2. The zero-order valence-electron chi connectivity index (χ0n) is 15.2. The van der Waals surface area contributed by atoms with Crippen molar-refractivity contribution in [3.63, 3.8) is 0 Å². The standard InChI is InChI=1S/C12H23N2.C4HF6NO2/c1-3-4-5-6-7-8-9-14-11-10-13(2)12-14;5-3(6,7)1(12)11-2(13)4(8,9)10/h10-12H,3-9H2,1-2H3;(H,11,12,13)/q+1;. The predicted molar refractivity (Wildman–Crippen MR) is 84.2 cm³/mol. The molecule has 0 saturated carbocycles. The number of alkyl halides is 6. The average molecular weight is 404 g/mol. The lowest BCUT2D eigenvalue weighted by Gasteiger charge is -2.08. The Labute approximate surface area is 153 Å². The van der Waals surface area contributed by atoms with Gasteiger partial charge in [0.05, 0.1) is 13.6 Å². The normalized spacial score (nSPS) is 11.6. The highest BCUT2D eigenvalue weighted by atomic mass is 19.4. The van der Waals surface area contributed by atoms with Crippen LogP contribution < -0.4 is 9.88 Å². The summed E-state index contributed by atoms with van der Waals surface area (Å²) in [6.07, 6.45) is 3.61. The minimum absolute atomic E-state index is 0.132. The minimum atomic E-state index is -5.51. The van der Waals surface area contributed by atoms with Crippen molar-refractivity contribution in [1.29, 1.82) is 0 Å². The Balaban J connectivity index is 0.000000503. The SMILES string of the molecule is CCCCCCCCn1cc[n+](C)c1.O=C(NC(=O)C(F)(F)F)C(F)(F)F. The van der Waals surface area contributed by atoms with Crippen molar-refractivity contribution < 1.29 is 40.5 Å². The number of nitrogens with one attached hydrogen (secondary N) is 1. The fourth-order valence-electron chi connectivity index (χ4n) is 1.95. The highest BCUT2D eigenvalue weighted by Gasteiger charge is 2.46. The van der Waals surface area contributed by atoms with Crippen LogP contribution in [0.4, 0.5) is 26.3 Å². The maximum Gasteiger partial charge on any atom is 0.471 e. The average Bonchev–Trinajstić information content (AvgIpc) is 2.95. The molecular weight excluding hydrogens is 380 g/mol. The van der Waals surface area contributed by atoms with Gasteiger partial charge >= 0.3 is 24.2 Å². The van der Waals surface area contributed by atoms with E-state index in [1.165, 1.54) is 45.1 Å². The molecule has 2 amide bonds. The highest BCUT2D eigenvalue weighted by Crippen LogP contribution is 2.17. The Morgan fingerprint density at radius 3 is 1.81 bits per heavy atom. The largest absolute Gasteiger partial charge is 0.471 e. The number of imide groups is 1. The number of carbonyl (C=O) groups is 2. The van der Waals surface area contributed by atoms with Gasteiger partial charge in [0.15, 0.2) is 0 Å². The van der Waals surface area contributed by atoms with Crippen LogP contribution in [-0.4, -0.2) is 28.7 Å². The van der Waals surface area contributed by atoms with Crippen molar-refractivity contribution in [2.45, 2.75) is 64.3 Å². The van der Waals surface area contributed by atoms with E-state index < -0.39 is 24.2 Å². The second-order valence-electron chi connectivity index (χ2n) is 5.86. The van der Waals surface area contributed by atoms with Crippen LogP contribution in [0.5, 0.6) is 0 Å². The Morgan fingerprint density at radius 2 is 1.41 bits per heavy atom. The first-order valence-electron chi connectivity index (χ1n) is 8.38. The quantitative estimate of drug-likeness (QED) is 0.430. The number of aromatic nitrogens is 2. The molecule has 0 unspecified atom stereocenters. The van der Waals surface area contributed by atoms with Gasteiger partial charge in [-0.2, -0.15) is 26.3 Å². The van der Waals surface area contributed by atoms with Crippen LogP contribution in [0.2, 0.25) is 0 Å². The molecule has 0 saturated heterocycles.